The number of aliphatic hydroxyl groups is 1. The van der Waals surface area contributed by atoms with Crippen LogP contribution in [0.15, 0.2) is 12.1 Å². The zero-order chi connectivity index (χ0) is 12.8. The average molecular weight is 233 g/mol. The van der Waals surface area contributed by atoms with Crippen LogP contribution in [0.1, 0.15) is 29.2 Å². The number of hydrogen-bond acceptors (Lipinski definition) is 4. The number of carbonyl (C=O) groups excluding carboxylic acids is 1. The number of esters is 1. The molecule has 0 heterocycles. The summed E-state index contributed by atoms with van der Waals surface area (Å²) in [4.78, 5) is 11.3. The van der Waals surface area contributed by atoms with Gasteiger partial charge in [-0.3, -0.25) is 4.79 Å². The van der Waals surface area contributed by atoms with E-state index < -0.39 is 5.97 Å². The van der Waals surface area contributed by atoms with Gasteiger partial charge in [0.1, 0.15) is 0 Å². The normalized spacial score (nSPS) is 9.76. The fourth-order valence-corrected chi connectivity index (χ4v) is 1.79. The first-order valence-corrected chi connectivity index (χ1v) is 5.39. The fraction of sp³-hybridized carbons (Fsp3) is 0.385. The highest BCUT2D eigenvalue weighted by Gasteiger charge is 2.15. The van der Waals surface area contributed by atoms with Gasteiger partial charge in [0.2, 0.25) is 0 Å². The third-order valence-electron chi connectivity index (χ3n) is 2.74. The maximum Gasteiger partial charge on any atom is 0.310 e. The second kappa shape index (κ2) is 6.02. The molecule has 1 rings (SSSR count). The maximum atomic E-state index is 11.3. The number of aliphatic hydroxyl groups excluding tert-OH is 1. The lowest BCUT2D eigenvalue weighted by Crippen LogP contribution is -2.10. The monoisotopic (exact) mass is 233 g/mol. The lowest BCUT2D eigenvalue weighted by molar-refractivity contribution is -0.139. The average Bonchev–Trinajstić information content (AvgIpc) is 2.37. The van der Waals surface area contributed by atoms with Crippen LogP contribution in [0.25, 0.3) is 0 Å². The number of methoxy groups -OCH3 is 1. The Morgan fingerprint density at radius 1 is 1.47 bits per heavy atom. The third-order valence-corrected chi connectivity index (χ3v) is 2.74. The molecule has 17 heavy (non-hydrogen) atoms. The minimum Gasteiger partial charge on any atom is -0.469 e. The van der Waals surface area contributed by atoms with Crippen molar-refractivity contribution in [2.24, 2.45) is 0 Å². The molecule has 0 spiro atoms. The summed E-state index contributed by atoms with van der Waals surface area (Å²) in [6, 6.07) is 5.52. The van der Waals surface area contributed by atoms with E-state index >= 15 is 0 Å². The van der Waals surface area contributed by atoms with E-state index in [-0.39, 0.29) is 13.0 Å². The summed E-state index contributed by atoms with van der Waals surface area (Å²) in [6.07, 6.45) is 0.763. The van der Waals surface area contributed by atoms with Crippen molar-refractivity contribution in [3.63, 3.8) is 0 Å². The zero-order valence-corrected chi connectivity index (χ0v) is 9.99. The Labute approximate surface area is 100 Å². The van der Waals surface area contributed by atoms with Crippen molar-refractivity contribution in [3.8, 4) is 6.07 Å². The Kier molecular flexibility index (Phi) is 4.68. The number of ether oxygens (including phenoxy) is 1. The zero-order valence-electron chi connectivity index (χ0n) is 9.99. The van der Waals surface area contributed by atoms with Crippen molar-refractivity contribution >= 4 is 5.97 Å². The van der Waals surface area contributed by atoms with Crippen LogP contribution in [0, 0.1) is 11.3 Å². The molecule has 0 atom stereocenters. The first-order chi connectivity index (χ1) is 8.17. The summed E-state index contributed by atoms with van der Waals surface area (Å²) in [5.74, 6) is -0.413. The van der Waals surface area contributed by atoms with Crippen LogP contribution in [0.4, 0.5) is 0 Å². The number of nitrogens with zero attached hydrogens (tertiary/aromatic N) is 1. The highest BCUT2D eigenvalue weighted by Crippen LogP contribution is 2.21. The first-order valence-electron chi connectivity index (χ1n) is 5.39. The first kappa shape index (κ1) is 13.2. The molecular formula is C13H15NO3. The van der Waals surface area contributed by atoms with E-state index in [0.717, 1.165) is 12.0 Å². The maximum absolute atomic E-state index is 11.3. The quantitative estimate of drug-likeness (QED) is 0.796. The van der Waals surface area contributed by atoms with Gasteiger partial charge >= 0.3 is 5.97 Å². The molecule has 0 aliphatic rings. The Balaban J connectivity index is 3.31. The third kappa shape index (κ3) is 2.83. The molecular weight excluding hydrogens is 218 g/mol. The molecule has 4 heteroatoms. The van der Waals surface area contributed by atoms with E-state index in [1.165, 1.54) is 7.11 Å². The van der Waals surface area contributed by atoms with Crippen molar-refractivity contribution in [2.45, 2.75) is 26.4 Å². The number of carbonyl (C=O) groups is 1. The SMILES string of the molecule is CCc1ccc(C#N)c(CC(=O)OC)c1CO. The van der Waals surface area contributed by atoms with Crippen molar-refractivity contribution < 1.29 is 14.6 Å². The van der Waals surface area contributed by atoms with Crippen LogP contribution in [0.3, 0.4) is 0 Å². The van der Waals surface area contributed by atoms with Crippen LogP contribution in [0.2, 0.25) is 0 Å². The molecule has 90 valence electrons. The smallest absolute Gasteiger partial charge is 0.310 e. The highest BCUT2D eigenvalue weighted by atomic mass is 16.5. The molecule has 0 aliphatic heterocycles. The summed E-state index contributed by atoms with van der Waals surface area (Å²) >= 11 is 0. The van der Waals surface area contributed by atoms with E-state index in [1.54, 1.807) is 6.07 Å². The predicted octanol–water partition coefficient (Wildman–Crippen LogP) is 1.33. The standard InChI is InChI=1S/C13H15NO3/c1-3-9-4-5-10(7-14)11(12(9)8-15)6-13(16)17-2/h4-5,15H,3,6,8H2,1-2H3. The molecule has 1 aromatic rings. The van der Waals surface area contributed by atoms with Gasteiger partial charge in [0.05, 0.1) is 31.8 Å². The summed E-state index contributed by atoms with van der Waals surface area (Å²) in [7, 11) is 1.30. The van der Waals surface area contributed by atoms with Gasteiger partial charge in [-0.15, -0.1) is 0 Å². The molecule has 0 bridgehead atoms. The molecule has 1 N–H and O–H groups in total. The second-order valence-corrected chi connectivity index (χ2v) is 3.61. The van der Waals surface area contributed by atoms with E-state index in [4.69, 9.17) is 5.26 Å². The van der Waals surface area contributed by atoms with Crippen LogP contribution in [0.5, 0.6) is 0 Å². The summed E-state index contributed by atoms with van der Waals surface area (Å²) in [5.41, 5.74) is 2.60. The van der Waals surface area contributed by atoms with Crippen LogP contribution in [-0.4, -0.2) is 18.2 Å². The predicted molar refractivity (Wildman–Crippen MR) is 62.2 cm³/mol. The molecule has 0 aliphatic carbocycles. The molecule has 4 nitrogen and oxygen atoms in total. The van der Waals surface area contributed by atoms with Crippen LogP contribution >= 0.6 is 0 Å². The molecule has 1 aromatic carbocycles. The number of benzene rings is 1. The van der Waals surface area contributed by atoms with Crippen LogP contribution < -0.4 is 0 Å². The van der Waals surface area contributed by atoms with Gasteiger partial charge in [-0.2, -0.15) is 5.26 Å². The number of aryl methyl sites for hydroxylation is 1. The summed E-state index contributed by atoms with van der Waals surface area (Å²) in [6.45, 7) is 1.79. The molecule has 0 amide bonds. The van der Waals surface area contributed by atoms with Gasteiger partial charge < -0.3 is 9.84 Å². The fourth-order valence-electron chi connectivity index (χ4n) is 1.79. The van der Waals surface area contributed by atoms with Crippen molar-refractivity contribution in [3.05, 3.63) is 34.4 Å². The van der Waals surface area contributed by atoms with Gasteiger partial charge in [-0.05, 0) is 29.2 Å². The lowest BCUT2D eigenvalue weighted by Gasteiger charge is -2.12. The van der Waals surface area contributed by atoms with E-state index in [2.05, 4.69) is 4.74 Å². The number of rotatable bonds is 4. The highest BCUT2D eigenvalue weighted by molar-refractivity contribution is 5.74. The molecule has 0 fully saturated rings. The van der Waals surface area contributed by atoms with Gasteiger partial charge in [0.15, 0.2) is 0 Å². The number of hydrogen-bond donors (Lipinski definition) is 1. The molecule has 0 aromatic heterocycles. The molecule has 0 unspecified atom stereocenters. The molecule has 0 saturated carbocycles. The molecule has 0 radical (unpaired) electrons. The van der Waals surface area contributed by atoms with Gasteiger partial charge in [0.25, 0.3) is 0 Å². The van der Waals surface area contributed by atoms with Crippen molar-refractivity contribution in [1.82, 2.24) is 0 Å². The molecule has 0 saturated heterocycles. The Morgan fingerprint density at radius 3 is 2.65 bits per heavy atom. The minimum absolute atomic E-state index is 0.0170. The minimum atomic E-state index is -0.413. The summed E-state index contributed by atoms with van der Waals surface area (Å²) < 4.78 is 4.60. The number of nitriles is 1. The Hall–Kier alpha value is -1.86. The van der Waals surface area contributed by atoms with E-state index in [9.17, 15) is 9.90 Å². The van der Waals surface area contributed by atoms with Gasteiger partial charge in [-0.1, -0.05) is 13.0 Å². The Morgan fingerprint density at radius 2 is 2.18 bits per heavy atom. The summed E-state index contributed by atoms with van der Waals surface area (Å²) in [5, 5.41) is 18.4. The second-order valence-electron chi connectivity index (χ2n) is 3.61. The van der Waals surface area contributed by atoms with Crippen LogP contribution in [-0.2, 0) is 29.0 Å². The largest absolute Gasteiger partial charge is 0.469 e. The lowest BCUT2D eigenvalue weighted by atomic mass is 9.93. The van der Waals surface area contributed by atoms with E-state index in [0.29, 0.717) is 16.7 Å². The van der Waals surface area contributed by atoms with Gasteiger partial charge in [0, 0.05) is 0 Å². The van der Waals surface area contributed by atoms with Crippen molar-refractivity contribution in [1.29, 1.82) is 5.26 Å². The Bertz CT molecular complexity index is 460. The van der Waals surface area contributed by atoms with Gasteiger partial charge in [-0.25, -0.2) is 0 Å². The van der Waals surface area contributed by atoms with Crippen molar-refractivity contribution in [2.75, 3.05) is 7.11 Å². The van der Waals surface area contributed by atoms with E-state index in [1.807, 2.05) is 19.1 Å². The topological polar surface area (TPSA) is 70.3 Å².